The monoisotopic (exact) mass is 245 g/mol. The normalized spacial score (nSPS) is 19.2. The fourth-order valence-corrected chi connectivity index (χ4v) is 2.51. The van der Waals surface area contributed by atoms with Crippen LogP contribution in [0.2, 0.25) is 0 Å². The molecule has 0 spiro atoms. The summed E-state index contributed by atoms with van der Waals surface area (Å²) in [7, 11) is 0. The molecule has 1 saturated heterocycles. The minimum atomic E-state index is 0.318. The molecule has 1 aliphatic rings. The first-order valence-corrected chi connectivity index (χ1v) is 7.04. The second kappa shape index (κ2) is 6.03. The first kappa shape index (κ1) is 13.1. The van der Waals surface area contributed by atoms with E-state index in [2.05, 4.69) is 38.1 Å². The topological polar surface area (TPSA) is 20.3 Å². The highest BCUT2D eigenvalue weighted by Crippen LogP contribution is 2.16. The molecule has 98 valence electrons. The largest absolute Gasteiger partial charge is 0.342 e. The molecule has 1 aromatic rings. The van der Waals surface area contributed by atoms with E-state index in [1.165, 1.54) is 11.1 Å². The standard InChI is InChI=1S/C16H23NO/c1-3-14-4-6-15(7-5-14)8-9-16(18)17-11-10-13(2)12-17/h4-7,13H,3,8-12H2,1-2H3. The zero-order valence-corrected chi connectivity index (χ0v) is 11.5. The Morgan fingerprint density at radius 2 is 1.94 bits per heavy atom. The predicted octanol–water partition coefficient (Wildman–Crippen LogP) is 3.05. The summed E-state index contributed by atoms with van der Waals surface area (Å²) in [5, 5.41) is 0. The van der Waals surface area contributed by atoms with Crippen molar-refractivity contribution in [2.75, 3.05) is 13.1 Å². The second-order valence-electron chi connectivity index (χ2n) is 5.40. The van der Waals surface area contributed by atoms with Crippen molar-refractivity contribution in [2.24, 2.45) is 5.92 Å². The molecule has 0 radical (unpaired) electrons. The third-order valence-electron chi connectivity index (χ3n) is 3.84. The SMILES string of the molecule is CCc1ccc(CCC(=O)N2CCC(C)C2)cc1. The van der Waals surface area contributed by atoms with E-state index < -0.39 is 0 Å². The lowest BCUT2D eigenvalue weighted by molar-refractivity contribution is -0.130. The molecule has 1 fully saturated rings. The van der Waals surface area contributed by atoms with Gasteiger partial charge in [0.15, 0.2) is 0 Å². The van der Waals surface area contributed by atoms with Crippen LogP contribution in [0, 0.1) is 5.92 Å². The minimum absolute atomic E-state index is 0.318. The Hall–Kier alpha value is -1.31. The molecule has 1 aromatic carbocycles. The van der Waals surface area contributed by atoms with E-state index in [0.717, 1.165) is 32.4 Å². The van der Waals surface area contributed by atoms with Crippen LogP contribution in [0.1, 0.15) is 37.8 Å². The molecule has 1 unspecified atom stereocenters. The molecule has 1 aliphatic heterocycles. The Morgan fingerprint density at radius 1 is 1.28 bits per heavy atom. The lowest BCUT2D eigenvalue weighted by Gasteiger charge is -2.15. The average Bonchev–Trinajstić information content (AvgIpc) is 2.83. The molecule has 0 bridgehead atoms. The number of aryl methyl sites for hydroxylation is 2. The van der Waals surface area contributed by atoms with Crippen molar-refractivity contribution < 1.29 is 4.79 Å². The summed E-state index contributed by atoms with van der Waals surface area (Å²) >= 11 is 0. The van der Waals surface area contributed by atoms with Gasteiger partial charge < -0.3 is 4.90 Å². The number of carbonyl (C=O) groups is 1. The highest BCUT2D eigenvalue weighted by molar-refractivity contribution is 5.76. The molecular formula is C16H23NO. The summed E-state index contributed by atoms with van der Waals surface area (Å²) in [5.74, 6) is 0.997. The number of hydrogen-bond donors (Lipinski definition) is 0. The van der Waals surface area contributed by atoms with E-state index in [4.69, 9.17) is 0 Å². The van der Waals surface area contributed by atoms with Crippen molar-refractivity contribution in [3.05, 3.63) is 35.4 Å². The maximum absolute atomic E-state index is 12.0. The zero-order chi connectivity index (χ0) is 13.0. The minimum Gasteiger partial charge on any atom is -0.342 e. The van der Waals surface area contributed by atoms with Crippen molar-refractivity contribution in [1.29, 1.82) is 0 Å². The number of likely N-dealkylation sites (tertiary alicyclic amines) is 1. The van der Waals surface area contributed by atoms with Crippen LogP contribution in [0.3, 0.4) is 0 Å². The molecule has 1 heterocycles. The van der Waals surface area contributed by atoms with Crippen LogP contribution in [0.4, 0.5) is 0 Å². The summed E-state index contributed by atoms with van der Waals surface area (Å²) in [6.45, 7) is 6.28. The molecule has 2 nitrogen and oxygen atoms in total. The van der Waals surface area contributed by atoms with Gasteiger partial charge in [0.1, 0.15) is 0 Å². The highest BCUT2D eigenvalue weighted by atomic mass is 16.2. The van der Waals surface area contributed by atoms with Crippen molar-refractivity contribution >= 4 is 5.91 Å². The molecule has 2 rings (SSSR count). The van der Waals surface area contributed by atoms with Gasteiger partial charge in [0.2, 0.25) is 5.91 Å². The Labute approximate surface area is 110 Å². The molecule has 1 amide bonds. The Balaban J connectivity index is 1.81. The summed E-state index contributed by atoms with van der Waals surface area (Å²) in [5.41, 5.74) is 2.63. The van der Waals surface area contributed by atoms with Gasteiger partial charge in [0, 0.05) is 19.5 Å². The zero-order valence-electron chi connectivity index (χ0n) is 11.5. The molecule has 0 aliphatic carbocycles. The van der Waals surface area contributed by atoms with Crippen LogP contribution in [0.15, 0.2) is 24.3 Å². The van der Waals surface area contributed by atoms with Gasteiger partial charge in [-0.3, -0.25) is 4.79 Å². The number of nitrogens with zero attached hydrogens (tertiary/aromatic N) is 1. The number of carbonyl (C=O) groups excluding carboxylic acids is 1. The van der Waals surface area contributed by atoms with Crippen LogP contribution in [-0.4, -0.2) is 23.9 Å². The number of benzene rings is 1. The van der Waals surface area contributed by atoms with E-state index in [9.17, 15) is 4.79 Å². The van der Waals surface area contributed by atoms with E-state index in [1.807, 2.05) is 4.90 Å². The van der Waals surface area contributed by atoms with Gasteiger partial charge in [-0.25, -0.2) is 0 Å². The van der Waals surface area contributed by atoms with Crippen LogP contribution in [-0.2, 0) is 17.6 Å². The van der Waals surface area contributed by atoms with Gasteiger partial charge in [0.25, 0.3) is 0 Å². The van der Waals surface area contributed by atoms with E-state index in [-0.39, 0.29) is 0 Å². The molecule has 2 heteroatoms. The quantitative estimate of drug-likeness (QED) is 0.798. The number of hydrogen-bond acceptors (Lipinski definition) is 1. The summed E-state index contributed by atoms with van der Waals surface area (Å²) < 4.78 is 0. The number of amides is 1. The highest BCUT2D eigenvalue weighted by Gasteiger charge is 2.22. The van der Waals surface area contributed by atoms with Gasteiger partial charge in [0.05, 0.1) is 0 Å². The van der Waals surface area contributed by atoms with Gasteiger partial charge in [-0.15, -0.1) is 0 Å². The van der Waals surface area contributed by atoms with Crippen LogP contribution in [0.5, 0.6) is 0 Å². The first-order valence-electron chi connectivity index (χ1n) is 7.04. The number of rotatable bonds is 4. The molecule has 1 atom stereocenters. The maximum Gasteiger partial charge on any atom is 0.222 e. The van der Waals surface area contributed by atoms with Gasteiger partial charge in [-0.05, 0) is 36.3 Å². The van der Waals surface area contributed by atoms with Crippen molar-refractivity contribution in [1.82, 2.24) is 4.90 Å². The third-order valence-corrected chi connectivity index (χ3v) is 3.84. The first-order chi connectivity index (χ1) is 8.69. The molecular weight excluding hydrogens is 222 g/mol. The predicted molar refractivity (Wildman–Crippen MR) is 74.5 cm³/mol. The fourth-order valence-electron chi connectivity index (χ4n) is 2.51. The lowest BCUT2D eigenvalue weighted by atomic mass is 10.1. The Morgan fingerprint density at radius 3 is 2.50 bits per heavy atom. The summed E-state index contributed by atoms with van der Waals surface area (Å²) in [6.07, 6.45) is 3.76. The maximum atomic E-state index is 12.0. The van der Waals surface area contributed by atoms with Crippen LogP contribution in [0.25, 0.3) is 0 Å². The van der Waals surface area contributed by atoms with E-state index >= 15 is 0 Å². The second-order valence-corrected chi connectivity index (χ2v) is 5.40. The fraction of sp³-hybridized carbons (Fsp3) is 0.562. The summed E-state index contributed by atoms with van der Waals surface area (Å²) in [4.78, 5) is 14.0. The average molecular weight is 245 g/mol. The van der Waals surface area contributed by atoms with Gasteiger partial charge in [-0.1, -0.05) is 38.1 Å². The molecule has 0 N–H and O–H groups in total. The Bertz CT molecular complexity index is 396. The van der Waals surface area contributed by atoms with Crippen molar-refractivity contribution in [3.63, 3.8) is 0 Å². The van der Waals surface area contributed by atoms with E-state index in [0.29, 0.717) is 18.2 Å². The smallest absolute Gasteiger partial charge is 0.222 e. The van der Waals surface area contributed by atoms with Crippen LogP contribution >= 0.6 is 0 Å². The molecule has 0 saturated carbocycles. The van der Waals surface area contributed by atoms with Crippen LogP contribution < -0.4 is 0 Å². The van der Waals surface area contributed by atoms with Gasteiger partial charge in [-0.2, -0.15) is 0 Å². The molecule has 18 heavy (non-hydrogen) atoms. The van der Waals surface area contributed by atoms with Crippen molar-refractivity contribution in [3.8, 4) is 0 Å². The van der Waals surface area contributed by atoms with Gasteiger partial charge >= 0.3 is 0 Å². The summed E-state index contributed by atoms with van der Waals surface area (Å²) in [6, 6.07) is 8.63. The Kier molecular flexibility index (Phi) is 4.40. The lowest BCUT2D eigenvalue weighted by Crippen LogP contribution is -2.28. The van der Waals surface area contributed by atoms with Crippen molar-refractivity contribution in [2.45, 2.75) is 39.5 Å². The molecule has 0 aromatic heterocycles. The third kappa shape index (κ3) is 3.34. The van der Waals surface area contributed by atoms with E-state index in [1.54, 1.807) is 0 Å².